The summed E-state index contributed by atoms with van der Waals surface area (Å²) in [6, 6.07) is 1.83. The van der Waals surface area contributed by atoms with E-state index in [4.69, 9.17) is 10.1 Å². The molecule has 1 heterocycles. The summed E-state index contributed by atoms with van der Waals surface area (Å²) < 4.78 is 5.80. The van der Waals surface area contributed by atoms with Gasteiger partial charge >= 0.3 is 0 Å². The Morgan fingerprint density at radius 2 is 2.44 bits per heavy atom. The average molecular weight is 432 g/mol. The third kappa shape index (κ3) is 3.70. The van der Waals surface area contributed by atoms with Gasteiger partial charge in [-0.15, -0.1) is 0 Å². The number of hydrogen-bond donors (Lipinski definition) is 2. The highest BCUT2D eigenvalue weighted by Gasteiger charge is 2.13. The average Bonchev–Trinajstić information content (AvgIpc) is 2.29. The molecule has 4 nitrogen and oxygen atoms in total. The maximum atomic E-state index is 7.94. The van der Waals surface area contributed by atoms with Crippen LogP contribution in [0.3, 0.4) is 0 Å². The van der Waals surface area contributed by atoms with Gasteiger partial charge in [-0.05, 0) is 44.0 Å². The van der Waals surface area contributed by atoms with Crippen LogP contribution in [-0.2, 0) is 4.74 Å². The Morgan fingerprint density at radius 1 is 1.75 bits per heavy atom. The molecule has 8 heteroatoms. The second-order valence-electron chi connectivity index (χ2n) is 2.68. The van der Waals surface area contributed by atoms with E-state index in [1.807, 2.05) is 6.07 Å². The molecule has 0 saturated carbocycles. The van der Waals surface area contributed by atoms with Crippen molar-refractivity contribution in [2.75, 3.05) is 12.2 Å². The van der Waals surface area contributed by atoms with Crippen LogP contribution >= 0.6 is 53.2 Å². The number of nitrogens with zero attached hydrogens (tertiary/aromatic N) is 1. The largest absolute Gasteiger partial charge is 0.343 e. The summed E-state index contributed by atoms with van der Waals surface area (Å²) >= 11 is 5.54. The smallest absolute Gasteiger partial charge is 0.139 e. The Morgan fingerprint density at radius 3 is 3.00 bits per heavy atom. The van der Waals surface area contributed by atoms with Gasteiger partial charge in [0.1, 0.15) is 11.3 Å². The van der Waals surface area contributed by atoms with Crippen LogP contribution in [0.4, 0.5) is 5.82 Å². The summed E-state index contributed by atoms with van der Waals surface area (Å²) in [4.78, 5) is 4.22. The number of aromatic nitrogens is 1. The van der Waals surface area contributed by atoms with Crippen molar-refractivity contribution in [3.8, 4) is 0 Å². The minimum Gasteiger partial charge on any atom is -0.343 e. The molecule has 1 unspecified atom stereocenters. The highest BCUT2D eigenvalue weighted by Crippen LogP contribution is 2.27. The highest BCUT2D eigenvalue weighted by atomic mass is 127. The summed E-state index contributed by atoms with van der Waals surface area (Å²) in [7, 11) is 4.75. The number of pyridine rings is 1. The van der Waals surface area contributed by atoms with E-state index in [1.54, 1.807) is 6.20 Å². The third-order valence-electron chi connectivity index (χ3n) is 1.72. The molecule has 0 radical (unpaired) electrons. The van der Waals surface area contributed by atoms with Crippen LogP contribution < -0.4 is 5.09 Å². The van der Waals surface area contributed by atoms with Crippen LogP contribution in [0.15, 0.2) is 16.7 Å². The van der Waals surface area contributed by atoms with E-state index in [2.05, 4.69) is 56.9 Å². The van der Waals surface area contributed by atoms with Gasteiger partial charge in [-0.2, -0.15) is 0 Å². The van der Waals surface area contributed by atoms with Crippen LogP contribution in [0.1, 0.15) is 5.56 Å². The summed E-state index contributed by atoms with van der Waals surface area (Å²) in [6.45, 7) is 0. The van der Waals surface area contributed by atoms with Gasteiger partial charge in [0.25, 0.3) is 0 Å². The molecule has 0 fully saturated rings. The van der Waals surface area contributed by atoms with Gasteiger partial charge in [-0.3, -0.25) is 5.41 Å². The Hall–Kier alpha value is 0.390. The second-order valence-corrected chi connectivity index (χ2v) is 6.10. The van der Waals surface area contributed by atoms with Crippen LogP contribution in [0, 0.1) is 5.41 Å². The van der Waals surface area contributed by atoms with Crippen molar-refractivity contribution in [3.63, 3.8) is 0 Å². The zero-order chi connectivity index (χ0) is 12.1. The predicted molar refractivity (Wildman–Crippen MR) is 85.1 cm³/mol. The van der Waals surface area contributed by atoms with Crippen molar-refractivity contribution < 1.29 is 4.74 Å². The first-order chi connectivity index (χ1) is 7.60. The van der Waals surface area contributed by atoms with Crippen molar-refractivity contribution in [2.45, 2.75) is 0 Å². The molecule has 2 N–H and O–H groups in total. The van der Waals surface area contributed by atoms with E-state index >= 15 is 0 Å². The molecule has 1 aromatic heterocycles. The second kappa shape index (κ2) is 6.97. The molecule has 0 aliphatic carbocycles. The number of hydrogen-bond acceptors (Lipinski definition) is 4. The van der Waals surface area contributed by atoms with Gasteiger partial charge in [0, 0.05) is 29.7 Å². The highest BCUT2D eigenvalue weighted by molar-refractivity contribution is 14.2. The summed E-state index contributed by atoms with van der Waals surface area (Å²) in [5, 5.41) is 11.1. The van der Waals surface area contributed by atoms with Crippen LogP contribution in [0.5, 0.6) is 0 Å². The molecule has 86 valence electrons. The van der Waals surface area contributed by atoms with E-state index in [-0.39, 0.29) is 5.71 Å². The van der Waals surface area contributed by atoms with E-state index in [9.17, 15) is 0 Å². The fraction of sp³-hybridized carbons (Fsp3) is 0.125. The first kappa shape index (κ1) is 14.5. The number of ether oxygens (including phenoxy) is 1. The zero-order valence-corrected chi connectivity index (χ0v) is 14.0. The third-order valence-corrected chi connectivity index (χ3v) is 3.75. The monoisotopic (exact) mass is 431 g/mol. The minimum atomic E-state index is 0.255. The number of nitrogens with one attached hydrogen (secondary N) is 2. The first-order valence-corrected chi connectivity index (χ1v) is 9.50. The molecule has 0 aliphatic rings. The molecule has 0 saturated heterocycles. The lowest BCUT2D eigenvalue weighted by molar-refractivity contribution is 0.421. The number of methoxy groups -OCH3 is 1. The number of anilines is 1. The fourth-order valence-corrected chi connectivity index (χ4v) is 2.52. The van der Waals surface area contributed by atoms with Crippen LogP contribution in [0.2, 0.25) is 0 Å². The van der Waals surface area contributed by atoms with Gasteiger partial charge < -0.3 is 9.82 Å². The lowest BCUT2D eigenvalue weighted by atomic mass is 10.1. The van der Waals surface area contributed by atoms with Crippen molar-refractivity contribution in [2.24, 2.45) is 0 Å². The van der Waals surface area contributed by atoms with E-state index in [0.29, 0.717) is 23.2 Å². The molecule has 1 aromatic rings. The van der Waals surface area contributed by atoms with Gasteiger partial charge in [-0.25, -0.2) is 4.98 Å². The fourth-order valence-electron chi connectivity index (χ4n) is 0.999. The molecule has 0 bridgehead atoms. The summed E-state index contributed by atoms with van der Waals surface area (Å²) in [6.07, 6.45) is 2.19. The minimum absolute atomic E-state index is 0.255. The lowest BCUT2D eigenvalue weighted by Gasteiger charge is -2.10. The Labute approximate surface area is 119 Å². The molecule has 0 amide bonds. The molecule has 0 spiro atoms. The SMILES string of the molecule is COC(=P)C(=N)c1cc(Br)cnc1NPI. The maximum absolute atomic E-state index is 7.94. The standard InChI is InChI=1S/C8H9BrIN3OP2/c1-14-8(15)6(11)5-2-4(9)3-12-7(5)13-16-10/h2-3,11,15-16H,1H3,(H,12,13). The predicted octanol–water partition coefficient (Wildman–Crippen LogP) is 3.49. The van der Waals surface area contributed by atoms with Crippen molar-refractivity contribution in [3.05, 3.63) is 22.3 Å². The van der Waals surface area contributed by atoms with Gasteiger partial charge in [0.15, 0.2) is 0 Å². The van der Waals surface area contributed by atoms with Gasteiger partial charge in [-0.1, -0.05) is 8.86 Å². The number of halogens is 2. The number of rotatable bonds is 5. The van der Waals surface area contributed by atoms with E-state index < -0.39 is 0 Å². The van der Waals surface area contributed by atoms with E-state index in [1.165, 1.54) is 7.11 Å². The van der Waals surface area contributed by atoms with Crippen LogP contribution in [-0.4, -0.2) is 23.3 Å². The Bertz CT molecular complexity index is 430. The van der Waals surface area contributed by atoms with Gasteiger partial charge in [0.2, 0.25) is 0 Å². The molecule has 16 heavy (non-hydrogen) atoms. The lowest BCUT2D eigenvalue weighted by Crippen LogP contribution is -2.15. The van der Waals surface area contributed by atoms with Crippen molar-refractivity contribution >= 4 is 70.2 Å². The normalized spacial score (nSPS) is 10.7. The topological polar surface area (TPSA) is 58.0 Å². The van der Waals surface area contributed by atoms with Gasteiger partial charge in [0.05, 0.1) is 5.71 Å². The first-order valence-electron chi connectivity index (χ1n) is 4.09. The molecule has 1 atom stereocenters. The summed E-state index contributed by atoms with van der Waals surface area (Å²) in [5.74, 6) is 0.675. The molecule has 0 aliphatic heterocycles. The Kier molecular flexibility index (Phi) is 6.29. The zero-order valence-electron chi connectivity index (χ0n) is 8.27. The Balaban J connectivity index is 3.13. The van der Waals surface area contributed by atoms with E-state index in [0.717, 1.165) is 4.47 Å². The molecular formula is C8H9BrIN3OP2. The van der Waals surface area contributed by atoms with Crippen molar-refractivity contribution in [1.82, 2.24) is 4.98 Å². The summed E-state index contributed by atoms with van der Waals surface area (Å²) in [5.41, 5.74) is 1.32. The molecular weight excluding hydrogens is 423 g/mol. The van der Waals surface area contributed by atoms with Crippen molar-refractivity contribution in [1.29, 1.82) is 5.41 Å². The maximum Gasteiger partial charge on any atom is 0.139 e. The molecule has 0 aromatic carbocycles. The van der Waals surface area contributed by atoms with Crippen LogP contribution in [0.25, 0.3) is 0 Å². The quantitative estimate of drug-likeness (QED) is 0.426. The molecule has 1 rings (SSSR count).